The lowest BCUT2D eigenvalue weighted by Crippen LogP contribution is -2.41. The molecule has 0 spiro atoms. The lowest BCUT2D eigenvalue weighted by Gasteiger charge is -2.26. The Hall–Kier alpha value is -2.94. The fourth-order valence-electron chi connectivity index (χ4n) is 2.77. The van der Waals surface area contributed by atoms with E-state index in [0.717, 1.165) is 11.3 Å². The summed E-state index contributed by atoms with van der Waals surface area (Å²) in [5.41, 5.74) is 0.989. The molecule has 1 aromatic carbocycles. The second kappa shape index (κ2) is 9.13. The van der Waals surface area contributed by atoms with Crippen LogP contribution in [0.5, 0.6) is 5.75 Å². The highest BCUT2D eigenvalue weighted by molar-refractivity contribution is 5.89. The maximum atomic E-state index is 12.2. The largest absolute Gasteiger partial charge is 0.496 e. The Morgan fingerprint density at radius 2 is 2.04 bits per heavy atom. The third-order valence-electron chi connectivity index (χ3n) is 4.21. The average Bonchev–Trinajstić information content (AvgIpc) is 3.17. The molecule has 9 heteroatoms. The first-order valence-electron chi connectivity index (χ1n) is 8.75. The summed E-state index contributed by atoms with van der Waals surface area (Å²) >= 11 is 0. The molecule has 9 nitrogen and oxygen atoms in total. The number of nitrogens with zero attached hydrogens (tertiary/aromatic N) is 3. The third kappa shape index (κ3) is 5.04. The van der Waals surface area contributed by atoms with E-state index in [1.165, 1.54) is 0 Å². The molecule has 2 heterocycles. The summed E-state index contributed by atoms with van der Waals surface area (Å²) in [6, 6.07) is 7.61. The summed E-state index contributed by atoms with van der Waals surface area (Å²) < 4.78 is 15.5. The number of morpholine rings is 1. The van der Waals surface area contributed by atoms with Gasteiger partial charge in [-0.05, 0) is 18.1 Å². The molecule has 1 aliphatic rings. The zero-order valence-electron chi connectivity index (χ0n) is 15.1. The van der Waals surface area contributed by atoms with Crippen LogP contribution in [0, 0.1) is 0 Å². The van der Waals surface area contributed by atoms with Crippen LogP contribution >= 0.6 is 0 Å². The van der Waals surface area contributed by atoms with Crippen molar-refractivity contribution in [1.82, 2.24) is 20.4 Å². The molecule has 2 amide bonds. The molecular weight excluding hydrogens is 352 g/mol. The summed E-state index contributed by atoms with van der Waals surface area (Å²) in [7, 11) is 1.61. The number of carbonyl (C=O) groups excluding carboxylic acids is 2. The predicted octanol–water partition coefficient (Wildman–Crippen LogP) is 0.452. The van der Waals surface area contributed by atoms with Gasteiger partial charge in [0.1, 0.15) is 5.75 Å². The topological polar surface area (TPSA) is 107 Å². The second-order valence-corrected chi connectivity index (χ2v) is 6.00. The van der Waals surface area contributed by atoms with E-state index in [9.17, 15) is 9.59 Å². The minimum absolute atomic E-state index is 0.00199. The molecule has 27 heavy (non-hydrogen) atoms. The van der Waals surface area contributed by atoms with Gasteiger partial charge in [-0.25, -0.2) is 0 Å². The van der Waals surface area contributed by atoms with Crippen LogP contribution in [0.25, 0.3) is 0 Å². The number of hydrogen-bond acceptors (Lipinski definition) is 7. The molecule has 0 unspecified atom stereocenters. The van der Waals surface area contributed by atoms with Crippen molar-refractivity contribution in [1.29, 1.82) is 0 Å². The number of benzene rings is 1. The lowest BCUT2D eigenvalue weighted by molar-refractivity contribution is -0.134. The molecule has 3 rings (SSSR count). The van der Waals surface area contributed by atoms with Crippen LogP contribution in [0.15, 0.2) is 28.8 Å². The van der Waals surface area contributed by atoms with E-state index in [0.29, 0.717) is 39.3 Å². The van der Waals surface area contributed by atoms with Gasteiger partial charge in [-0.2, -0.15) is 4.98 Å². The molecule has 1 N–H and O–H groups in total. The number of amides is 2. The van der Waals surface area contributed by atoms with E-state index in [1.807, 2.05) is 24.3 Å². The van der Waals surface area contributed by atoms with Crippen LogP contribution in [0.1, 0.15) is 22.1 Å². The fourth-order valence-corrected chi connectivity index (χ4v) is 2.77. The van der Waals surface area contributed by atoms with Crippen molar-refractivity contribution in [3.05, 3.63) is 41.5 Å². The summed E-state index contributed by atoms with van der Waals surface area (Å²) in [5, 5.41) is 6.45. The first kappa shape index (κ1) is 18.8. The molecule has 0 bridgehead atoms. The predicted molar refractivity (Wildman–Crippen MR) is 94.4 cm³/mol. The maximum Gasteiger partial charge on any atom is 0.315 e. The van der Waals surface area contributed by atoms with E-state index >= 15 is 0 Å². The fraction of sp³-hybridized carbons (Fsp3) is 0.444. The Morgan fingerprint density at radius 1 is 1.26 bits per heavy atom. The molecule has 2 aromatic rings. The Kier molecular flexibility index (Phi) is 6.37. The normalized spacial score (nSPS) is 14.0. The van der Waals surface area contributed by atoms with Gasteiger partial charge in [0.05, 0.1) is 26.7 Å². The molecule has 1 aromatic heterocycles. The van der Waals surface area contributed by atoms with Gasteiger partial charge in [-0.1, -0.05) is 23.4 Å². The number of methoxy groups -OCH3 is 1. The SMILES string of the molecule is COc1ccccc1CCNC(=O)c1nc(CC(=O)N2CCOCC2)no1. The number of para-hydroxylation sites is 1. The Labute approximate surface area is 156 Å². The Balaban J connectivity index is 1.48. The van der Waals surface area contributed by atoms with Crippen molar-refractivity contribution in [3.63, 3.8) is 0 Å². The van der Waals surface area contributed by atoms with Crippen molar-refractivity contribution in [2.24, 2.45) is 0 Å². The van der Waals surface area contributed by atoms with Gasteiger partial charge >= 0.3 is 11.8 Å². The molecule has 0 radical (unpaired) electrons. The standard InChI is InChI=1S/C18H22N4O5/c1-25-14-5-3-2-4-13(14)6-7-19-17(24)18-20-15(21-27-18)12-16(23)22-8-10-26-11-9-22/h2-5H,6-12H2,1H3,(H,19,24). The highest BCUT2D eigenvalue weighted by atomic mass is 16.5. The van der Waals surface area contributed by atoms with Crippen molar-refractivity contribution >= 4 is 11.8 Å². The quantitative estimate of drug-likeness (QED) is 0.750. The van der Waals surface area contributed by atoms with Gasteiger partial charge in [0.2, 0.25) is 5.91 Å². The third-order valence-corrected chi connectivity index (χ3v) is 4.21. The van der Waals surface area contributed by atoms with Gasteiger partial charge in [-0.3, -0.25) is 9.59 Å². The van der Waals surface area contributed by atoms with Crippen LogP contribution in [0.3, 0.4) is 0 Å². The molecule has 1 fully saturated rings. The maximum absolute atomic E-state index is 12.2. The number of ether oxygens (including phenoxy) is 2. The van der Waals surface area contributed by atoms with E-state index in [4.69, 9.17) is 14.0 Å². The monoisotopic (exact) mass is 374 g/mol. The van der Waals surface area contributed by atoms with Crippen molar-refractivity contribution < 1.29 is 23.6 Å². The highest BCUT2D eigenvalue weighted by Crippen LogP contribution is 2.17. The minimum Gasteiger partial charge on any atom is -0.496 e. The van der Waals surface area contributed by atoms with Crippen LogP contribution in [-0.4, -0.2) is 66.8 Å². The Bertz CT molecular complexity index is 786. The second-order valence-electron chi connectivity index (χ2n) is 6.00. The molecule has 0 atom stereocenters. The highest BCUT2D eigenvalue weighted by Gasteiger charge is 2.21. The van der Waals surface area contributed by atoms with E-state index < -0.39 is 5.91 Å². The van der Waals surface area contributed by atoms with Crippen molar-refractivity contribution in [2.45, 2.75) is 12.8 Å². The molecule has 144 valence electrons. The van der Waals surface area contributed by atoms with Crippen LogP contribution in [0.4, 0.5) is 0 Å². The van der Waals surface area contributed by atoms with Gasteiger partial charge in [0.15, 0.2) is 5.82 Å². The molecule has 1 saturated heterocycles. The first-order valence-corrected chi connectivity index (χ1v) is 8.75. The summed E-state index contributed by atoms with van der Waals surface area (Å²) in [6.45, 7) is 2.54. The minimum atomic E-state index is -0.470. The molecule has 0 aliphatic carbocycles. The van der Waals surface area contributed by atoms with E-state index in [2.05, 4.69) is 15.5 Å². The molecule has 1 aliphatic heterocycles. The zero-order valence-corrected chi connectivity index (χ0v) is 15.1. The number of hydrogen-bond donors (Lipinski definition) is 1. The smallest absolute Gasteiger partial charge is 0.315 e. The number of carbonyl (C=O) groups is 2. The first-order chi connectivity index (χ1) is 13.2. The van der Waals surface area contributed by atoms with Crippen LogP contribution in [0.2, 0.25) is 0 Å². The van der Waals surface area contributed by atoms with Crippen LogP contribution < -0.4 is 10.1 Å². The van der Waals surface area contributed by atoms with Gasteiger partial charge < -0.3 is 24.2 Å². The van der Waals surface area contributed by atoms with Crippen LogP contribution in [-0.2, 0) is 22.4 Å². The van der Waals surface area contributed by atoms with Gasteiger partial charge in [0, 0.05) is 19.6 Å². The van der Waals surface area contributed by atoms with E-state index in [1.54, 1.807) is 12.0 Å². The average molecular weight is 374 g/mol. The molecular formula is C18H22N4O5. The summed E-state index contributed by atoms with van der Waals surface area (Å²) in [6.07, 6.45) is 0.601. The van der Waals surface area contributed by atoms with E-state index in [-0.39, 0.29) is 24.0 Å². The molecule has 0 saturated carbocycles. The van der Waals surface area contributed by atoms with Crippen molar-refractivity contribution in [2.75, 3.05) is 40.0 Å². The van der Waals surface area contributed by atoms with Gasteiger partial charge in [0.25, 0.3) is 0 Å². The lowest BCUT2D eigenvalue weighted by atomic mass is 10.1. The van der Waals surface area contributed by atoms with Crippen molar-refractivity contribution in [3.8, 4) is 5.75 Å². The van der Waals surface area contributed by atoms with Gasteiger partial charge in [-0.15, -0.1) is 0 Å². The number of rotatable bonds is 7. The Morgan fingerprint density at radius 3 is 2.81 bits per heavy atom. The zero-order chi connectivity index (χ0) is 19.1. The number of nitrogens with one attached hydrogen (secondary N) is 1. The number of aromatic nitrogens is 2. The summed E-state index contributed by atoms with van der Waals surface area (Å²) in [5.74, 6) is 0.235. The summed E-state index contributed by atoms with van der Waals surface area (Å²) in [4.78, 5) is 30.0.